The molecule has 2 heterocycles. The quantitative estimate of drug-likeness (QED) is 0.578. The van der Waals surface area contributed by atoms with Crippen LogP contribution in [-0.2, 0) is 14.3 Å². The largest absolute Gasteiger partial charge is 0.504 e. The van der Waals surface area contributed by atoms with Crippen LogP contribution in [0.15, 0.2) is 47.4 Å². The van der Waals surface area contributed by atoms with Crippen LogP contribution in [0.4, 0.5) is 16.2 Å². The number of nitrogens with one attached hydrogen (secondary N) is 1. The zero-order chi connectivity index (χ0) is 24.1. The van der Waals surface area contributed by atoms with Crippen LogP contribution in [0.2, 0.25) is 0 Å². The number of anilines is 2. The maximum Gasteiger partial charge on any atom is 0.294 e. The Balaban J connectivity index is 1.45. The van der Waals surface area contributed by atoms with Crippen LogP contribution < -0.4 is 15.0 Å². The number of carbonyl (C=O) groups is 3. The maximum atomic E-state index is 12.8. The number of rotatable bonds is 7. The standard InChI is InChI=1S/C24H25N3O6S/c1-2-33-20-13-16(7-8-19(20)28)14-21-23(30)27(24(31)34-21)15-22(29)25-17-5-3-4-6-18(17)26-9-11-32-12-10-26/h3-8,13-14,28H,2,9-12,15H2,1H3,(H,25,29)/b21-14+. The second-order valence-electron chi connectivity index (χ2n) is 7.59. The highest BCUT2D eigenvalue weighted by Gasteiger charge is 2.36. The lowest BCUT2D eigenvalue weighted by Gasteiger charge is -2.30. The molecule has 0 bridgehead atoms. The number of benzene rings is 2. The second kappa shape index (κ2) is 10.6. The van der Waals surface area contributed by atoms with E-state index in [2.05, 4.69) is 10.2 Å². The molecule has 2 aromatic rings. The molecular formula is C24H25N3O6S. The Labute approximate surface area is 201 Å². The monoisotopic (exact) mass is 483 g/mol. The molecule has 2 N–H and O–H groups in total. The van der Waals surface area contributed by atoms with Crippen molar-refractivity contribution in [3.8, 4) is 11.5 Å². The zero-order valence-corrected chi connectivity index (χ0v) is 19.5. The molecule has 0 unspecified atom stereocenters. The first kappa shape index (κ1) is 23.7. The summed E-state index contributed by atoms with van der Waals surface area (Å²) in [5.74, 6) is -0.736. The second-order valence-corrected chi connectivity index (χ2v) is 8.59. The van der Waals surface area contributed by atoms with Gasteiger partial charge in [-0.2, -0.15) is 0 Å². The molecule has 0 atom stereocenters. The Morgan fingerprint density at radius 3 is 2.74 bits per heavy atom. The van der Waals surface area contributed by atoms with Crippen LogP contribution in [0.1, 0.15) is 12.5 Å². The van der Waals surface area contributed by atoms with Gasteiger partial charge >= 0.3 is 0 Å². The van der Waals surface area contributed by atoms with Gasteiger partial charge in [0.15, 0.2) is 11.5 Å². The fourth-order valence-corrected chi connectivity index (χ4v) is 4.51. The van der Waals surface area contributed by atoms with Gasteiger partial charge in [-0.05, 0) is 54.6 Å². The van der Waals surface area contributed by atoms with Gasteiger partial charge in [-0.15, -0.1) is 0 Å². The predicted molar refractivity (Wildman–Crippen MR) is 130 cm³/mol. The molecule has 2 aliphatic heterocycles. The molecule has 2 saturated heterocycles. The van der Waals surface area contributed by atoms with Crippen molar-refractivity contribution in [1.82, 2.24) is 4.90 Å². The topological polar surface area (TPSA) is 108 Å². The van der Waals surface area contributed by atoms with Gasteiger partial charge in [-0.1, -0.05) is 18.2 Å². The molecule has 34 heavy (non-hydrogen) atoms. The van der Waals surface area contributed by atoms with Crippen molar-refractivity contribution in [3.63, 3.8) is 0 Å². The van der Waals surface area contributed by atoms with E-state index < -0.39 is 17.1 Å². The molecule has 0 aromatic heterocycles. The number of para-hydroxylation sites is 2. The van der Waals surface area contributed by atoms with Gasteiger partial charge in [0.2, 0.25) is 5.91 Å². The Morgan fingerprint density at radius 1 is 1.21 bits per heavy atom. The first-order valence-electron chi connectivity index (χ1n) is 10.9. The summed E-state index contributed by atoms with van der Waals surface area (Å²) in [7, 11) is 0. The molecule has 0 radical (unpaired) electrons. The van der Waals surface area contributed by atoms with E-state index in [4.69, 9.17) is 9.47 Å². The van der Waals surface area contributed by atoms with Crippen molar-refractivity contribution in [2.45, 2.75) is 6.92 Å². The first-order valence-corrected chi connectivity index (χ1v) is 11.7. The first-order chi connectivity index (χ1) is 16.5. The van der Waals surface area contributed by atoms with Crippen LogP contribution in [-0.4, -0.2) is 66.5 Å². The number of phenolic OH excluding ortho intramolecular Hbond substituents is 1. The Hall–Kier alpha value is -3.50. The van der Waals surface area contributed by atoms with Crippen LogP contribution in [0.5, 0.6) is 11.5 Å². The summed E-state index contributed by atoms with van der Waals surface area (Å²) >= 11 is 0.767. The van der Waals surface area contributed by atoms with Gasteiger partial charge in [-0.3, -0.25) is 19.3 Å². The molecule has 0 spiro atoms. The lowest BCUT2D eigenvalue weighted by molar-refractivity contribution is -0.127. The summed E-state index contributed by atoms with van der Waals surface area (Å²) in [6.45, 7) is 4.42. The molecule has 2 fully saturated rings. The fourth-order valence-electron chi connectivity index (χ4n) is 3.67. The summed E-state index contributed by atoms with van der Waals surface area (Å²) in [5, 5.41) is 12.2. The minimum atomic E-state index is -0.544. The molecule has 0 aliphatic carbocycles. The summed E-state index contributed by atoms with van der Waals surface area (Å²) in [6.07, 6.45) is 1.54. The smallest absolute Gasteiger partial charge is 0.294 e. The average molecular weight is 484 g/mol. The number of carbonyl (C=O) groups excluding carboxylic acids is 3. The zero-order valence-electron chi connectivity index (χ0n) is 18.7. The normalized spacial score (nSPS) is 17.4. The summed E-state index contributed by atoms with van der Waals surface area (Å²) in [5.41, 5.74) is 2.07. The number of hydrogen-bond acceptors (Lipinski definition) is 8. The van der Waals surface area contributed by atoms with Crippen molar-refractivity contribution in [2.24, 2.45) is 0 Å². The molecule has 10 heteroatoms. The van der Waals surface area contributed by atoms with Crippen LogP contribution in [0, 0.1) is 0 Å². The summed E-state index contributed by atoms with van der Waals surface area (Å²) in [6, 6.07) is 12.1. The highest BCUT2D eigenvalue weighted by molar-refractivity contribution is 8.18. The molecule has 3 amide bonds. The minimum Gasteiger partial charge on any atom is -0.504 e. The van der Waals surface area contributed by atoms with E-state index >= 15 is 0 Å². The summed E-state index contributed by atoms with van der Waals surface area (Å²) in [4.78, 5) is 41.3. The van der Waals surface area contributed by atoms with Gasteiger partial charge in [0.25, 0.3) is 11.1 Å². The Morgan fingerprint density at radius 2 is 1.97 bits per heavy atom. The number of aromatic hydroxyl groups is 1. The lowest BCUT2D eigenvalue weighted by atomic mass is 10.2. The van der Waals surface area contributed by atoms with Crippen molar-refractivity contribution in [1.29, 1.82) is 0 Å². The number of imide groups is 1. The van der Waals surface area contributed by atoms with E-state index in [1.54, 1.807) is 31.2 Å². The number of nitrogens with zero attached hydrogens (tertiary/aromatic N) is 2. The van der Waals surface area contributed by atoms with Crippen molar-refractivity contribution in [2.75, 3.05) is 49.7 Å². The molecule has 2 aromatic carbocycles. The van der Waals surface area contributed by atoms with Crippen molar-refractivity contribution >= 4 is 46.3 Å². The molecule has 0 saturated carbocycles. The number of hydrogen-bond donors (Lipinski definition) is 2. The molecule has 2 aliphatic rings. The fraction of sp³-hybridized carbons (Fsp3) is 0.292. The number of amides is 3. The van der Waals surface area contributed by atoms with E-state index in [1.165, 1.54) is 6.07 Å². The van der Waals surface area contributed by atoms with Crippen LogP contribution in [0.3, 0.4) is 0 Å². The molecular weight excluding hydrogens is 458 g/mol. The highest BCUT2D eigenvalue weighted by atomic mass is 32.2. The molecule has 9 nitrogen and oxygen atoms in total. The molecule has 4 rings (SSSR count). The van der Waals surface area contributed by atoms with E-state index in [-0.39, 0.29) is 22.9 Å². The predicted octanol–water partition coefficient (Wildman–Crippen LogP) is 3.30. The van der Waals surface area contributed by atoms with Gasteiger partial charge in [-0.25, -0.2) is 0 Å². The number of ether oxygens (including phenoxy) is 2. The van der Waals surface area contributed by atoms with Gasteiger partial charge in [0.05, 0.1) is 36.1 Å². The van der Waals surface area contributed by atoms with Gasteiger partial charge in [0.1, 0.15) is 6.54 Å². The Bertz CT molecular complexity index is 1130. The Kier molecular flexibility index (Phi) is 7.39. The van der Waals surface area contributed by atoms with Gasteiger partial charge in [0, 0.05) is 13.1 Å². The third kappa shape index (κ3) is 5.35. The number of morpholine rings is 1. The van der Waals surface area contributed by atoms with Crippen LogP contribution in [0.25, 0.3) is 6.08 Å². The highest BCUT2D eigenvalue weighted by Crippen LogP contribution is 2.34. The SMILES string of the molecule is CCOc1cc(/C=C2/SC(=O)N(CC(=O)Nc3ccccc3N3CCOCC3)C2=O)ccc1O. The van der Waals surface area contributed by atoms with E-state index in [9.17, 15) is 19.5 Å². The van der Waals surface area contributed by atoms with E-state index in [0.29, 0.717) is 44.2 Å². The van der Waals surface area contributed by atoms with E-state index in [1.807, 2.05) is 18.2 Å². The summed E-state index contributed by atoms with van der Waals surface area (Å²) < 4.78 is 10.8. The van der Waals surface area contributed by atoms with Crippen LogP contribution >= 0.6 is 11.8 Å². The third-order valence-electron chi connectivity index (χ3n) is 5.29. The van der Waals surface area contributed by atoms with Crippen molar-refractivity contribution in [3.05, 3.63) is 52.9 Å². The van der Waals surface area contributed by atoms with Crippen molar-refractivity contribution < 1.29 is 29.0 Å². The number of phenols is 1. The maximum absolute atomic E-state index is 12.8. The average Bonchev–Trinajstić information content (AvgIpc) is 3.09. The minimum absolute atomic E-state index is 0.0128. The van der Waals surface area contributed by atoms with Gasteiger partial charge < -0.3 is 24.8 Å². The molecule has 178 valence electrons. The third-order valence-corrected chi connectivity index (χ3v) is 6.19. The van der Waals surface area contributed by atoms with E-state index in [0.717, 1.165) is 22.3 Å². The number of thioether (sulfide) groups is 1. The lowest BCUT2D eigenvalue weighted by Crippen LogP contribution is -2.38.